The Morgan fingerprint density at radius 3 is 2.68 bits per heavy atom. The predicted octanol–water partition coefficient (Wildman–Crippen LogP) is 3.38. The first-order valence-corrected chi connectivity index (χ1v) is 8.00. The molecule has 1 amide bonds. The number of hydrogen-bond donors (Lipinski definition) is 1. The maximum absolute atomic E-state index is 13.5. The quantitative estimate of drug-likeness (QED) is 0.630. The second kappa shape index (κ2) is 8.80. The molecule has 1 N–H and O–H groups in total. The van der Waals surface area contributed by atoms with Crippen molar-refractivity contribution < 1.29 is 23.1 Å². The number of benzene rings is 2. The van der Waals surface area contributed by atoms with Crippen molar-refractivity contribution >= 4 is 29.3 Å². The maximum atomic E-state index is 13.5. The smallest absolute Gasteiger partial charge is 0.341 e. The summed E-state index contributed by atoms with van der Waals surface area (Å²) in [5.41, 5.74) is 0.0101. The highest BCUT2D eigenvalue weighted by molar-refractivity contribution is 7.99. The van der Waals surface area contributed by atoms with Crippen LogP contribution >= 0.6 is 11.8 Å². The standard InChI is InChI=1S/C17H12F2N2O3S/c18-11-5-6-12(13(19)9-11)17(23)24-10-16(22)21-14-3-1-2-4-15(14)25-8-7-20/h1-6,9H,8,10H2,(H,21,22). The van der Waals surface area contributed by atoms with Crippen LogP contribution in [0.2, 0.25) is 0 Å². The normalized spacial score (nSPS) is 9.96. The molecule has 0 fully saturated rings. The first-order valence-electron chi connectivity index (χ1n) is 7.02. The molecule has 0 unspecified atom stereocenters. The molecule has 128 valence electrons. The molecule has 0 aliphatic rings. The van der Waals surface area contributed by atoms with E-state index < -0.39 is 35.7 Å². The minimum Gasteiger partial charge on any atom is -0.452 e. The summed E-state index contributed by atoms with van der Waals surface area (Å²) in [4.78, 5) is 24.3. The summed E-state index contributed by atoms with van der Waals surface area (Å²) in [6.07, 6.45) is 0. The van der Waals surface area contributed by atoms with Crippen molar-refractivity contribution in [3.8, 4) is 6.07 Å². The summed E-state index contributed by atoms with van der Waals surface area (Å²) in [5.74, 6) is -3.37. The molecule has 5 nitrogen and oxygen atoms in total. The van der Waals surface area contributed by atoms with Crippen LogP contribution in [0.15, 0.2) is 47.4 Å². The number of anilines is 1. The molecule has 0 bridgehead atoms. The lowest BCUT2D eigenvalue weighted by atomic mass is 10.2. The Labute approximate surface area is 146 Å². The Balaban J connectivity index is 1.95. The fraction of sp³-hybridized carbons (Fsp3) is 0.118. The van der Waals surface area contributed by atoms with Gasteiger partial charge in [-0.3, -0.25) is 4.79 Å². The molecule has 0 aliphatic carbocycles. The van der Waals surface area contributed by atoms with Gasteiger partial charge in [-0.25, -0.2) is 13.6 Å². The number of amides is 1. The zero-order valence-electron chi connectivity index (χ0n) is 12.8. The van der Waals surface area contributed by atoms with Gasteiger partial charge in [-0.05, 0) is 24.3 Å². The molecular formula is C17H12F2N2O3S. The number of carbonyl (C=O) groups excluding carboxylic acids is 2. The molecule has 0 atom stereocenters. The van der Waals surface area contributed by atoms with Gasteiger partial charge in [0.2, 0.25) is 0 Å². The van der Waals surface area contributed by atoms with E-state index in [1.807, 2.05) is 6.07 Å². The van der Waals surface area contributed by atoms with E-state index >= 15 is 0 Å². The minimum absolute atomic E-state index is 0.214. The zero-order chi connectivity index (χ0) is 18.2. The van der Waals surface area contributed by atoms with Crippen LogP contribution in [0.5, 0.6) is 0 Å². The van der Waals surface area contributed by atoms with E-state index in [-0.39, 0.29) is 5.75 Å². The van der Waals surface area contributed by atoms with Gasteiger partial charge in [-0.1, -0.05) is 12.1 Å². The lowest BCUT2D eigenvalue weighted by Gasteiger charge is -2.10. The van der Waals surface area contributed by atoms with Crippen LogP contribution in [0, 0.1) is 23.0 Å². The average Bonchev–Trinajstić information content (AvgIpc) is 2.59. The number of carbonyl (C=O) groups is 2. The van der Waals surface area contributed by atoms with Gasteiger partial charge < -0.3 is 10.1 Å². The van der Waals surface area contributed by atoms with E-state index in [0.29, 0.717) is 16.6 Å². The summed E-state index contributed by atoms with van der Waals surface area (Å²) in [7, 11) is 0. The maximum Gasteiger partial charge on any atom is 0.341 e. The highest BCUT2D eigenvalue weighted by atomic mass is 32.2. The third-order valence-electron chi connectivity index (χ3n) is 2.94. The van der Waals surface area contributed by atoms with Gasteiger partial charge in [0.05, 0.1) is 23.1 Å². The molecule has 0 aliphatic heterocycles. The van der Waals surface area contributed by atoms with Crippen molar-refractivity contribution in [1.82, 2.24) is 0 Å². The van der Waals surface area contributed by atoms with E-state index in [2.05, 4.69) is 5.32 Å². The number of esters is 1. The van der Waals surface area contributed by atoms with E-state index in [0.717, 1.165) is 12.1 Å². The SMILES string of the molecule is N#CCSc1ccccc1NC(=O)COC(=O)c1ccc(F)cc1F. The van der Waals surface area contributed by atoms with E-state index in [4.69, 9.17) is 10.00 Å². The molecular weight excluding hydrogens is 350 g/mol. The van der Waals surface area contributed by atoms with E-state index in [1.54, 1.807) is 24.3 Å². The van der Waals surface area contributed by atoms with Crippen LogP contribution in [0.1, 0.15) is 10.4 Å². The topological polar surface area (TPSA) is 79.2 Å². The van der Waals surface area contributed by atoms with Gasteiger partial charge in [0.25, 0.3) is 5.91 Å². The number of para-hydroxylation sites is 1. The molecule has 0 radical (unpaired) electrons. The number of hydrogen-bond acceptors (Lipinski definition) is 5. The van der Waals surface area contributed by atoms with E-state index in [9.17, 15) is 18.4 Å². The molecule has 2 aromatic carbocycles. The number of nitrogens with zero attached hydrogens (tertiary/aromatic N) is 1. The number of nitrogens with one attached hydrogen (secondary N) is 1. The predicted molar refractivity (Wildman–Crippen MR) is 88.0 cm³/mol. The lowest BCUT2D eigenvalue weighted by Crippen LogP contribution is -2.21. The van der Waals surface area contributed by atoms with Crippen molar-refractivity contribution in [2.75, 3.05) is 17.7 Å². The third kappa shape index (κ3) is 5.29. The molecule has 8 heteroatoms. The van der Waals surface area contributed by atoms with Gasteiger partial charge in [0.15, 0.2) is 6.61 Å². The van der Waals surface area contributed by atoms with Crippen molar-refractivity contribution in [1.29, 1.82) is 5.26 Å². The van der Waals surface area contributed by atoms with Crippen molar-refractivity contribution in [3.05, 3.63) is 59.7 Å². The molecule has 2 aromatic rings. The molecule has 25 heavy (non-hydrogen) atoms. The second-order valence-corrected chi connectivity index (χ2v) is 5.71. The molecule has 0 saturated carbocycles. The molecule has 0 heterocycles. The fourth-order valence-electron chi connectivity index (χ4n) is 1.86. The Morgan fingerprint density at radius 1 is 1.20 bits per heavy atom. The van der Waals surface area contributed by atoms with Gasteiger partial charge >= 0.3 is 5.97 Å². The largest absolute Gasteiger partial charge is 0.452 e. The second-order valence-electron chi connectivity index (χ2n) is 4.69. The van der Waals surface area contributed by atoms with Crippen LogP contribution in [0.25, 0.3) is 0 Å². The summed E-state index contributed by atoms with van der Waals surface area (Å²) >= 11 is 1.24. The van der Waals surface area contributed by atoms with Crippen LogP contribution in [0.3, 0.4) is 0 Å². The average molecular weight is 362 g/mol. The Hall–Kier alpha value is -2.92. The van der Waals surface area contributed by atoms with Gasteiger partial charge in [0.1, 0.15) is 11.6 Å². The van der Waals surface area contributed by atoms with Crippen molar-refractivity contribution in [2.24, 2.45) is 0 Å². The minimum atomic E-state index is -1.07. The van der Waals surface area contributed by atoms with Gasteiger partial charge in [-0.2, -0.15) is 5.26 Å². The van der Waals surface area contributed by atoms with Crippen molar-refractivity contribution in [3.63, 3.8) is 0 Å². The monoisotopic (exact) mass is 362 g/mol. The number of thioether (sulfide) groups is 1. The summed E-state index contributed by atoms with van der Waals surface area (Å²) < 4.78 is 31.0. The Kier molecular flexibility index (Phi) is 6.48. The van der Waals surface area contributed by atoms with Crippen LogP contribution in [-0.2, 0) is 9.53 Å². The van der Waals surface area contributed by atoms with Crippen LogP contribution in [0.4, 0.5) is 14.5 Å². The molecule has 0 aromatic heterocycles. The number of nitriles is 1. The molecule has 0 spiro atoms. The van der Waals surface area contributed by atoms with Crippen molar-refractivity contribution in [2.45, 2.75) is 4.90 Å². The highest BCUT2D eigenvalue weighted by Crippen LogP contribution is 2.26. The number of halogens is 2. The van der Waals surface area contributed by atoms with E-state index in [1.165, 1.54) is 11.8 Å². The summed E-state index contributed by atoms with van der Waals surface area (Å²) in [6.45, 7) is -0.632. The lowest BCUT2D eigenvalue weighted by molar-refractivity contribution is -0.119. The molecule has 0 saturated heterocycles. The first-order chi connectivity index (χ1) is 12.0. The van der Waals surface area contributed by atoms with Crippen LogP contribution in [-0.4, -0.2) is 24.2 Å². The number of ether oxygens (including phenoxy) is 1. The molecule has 2 rings (SSSR count). The first kappa shape index (κ1) is 18.4. The fourth-order valence-corrected chi connectivity index (χ4v) is 2.53. The summed E-state index contributed by atoms with van der Waals surface area (Å²) in [5, 5.41) is 11.2. The third-order valence-corrected chi connectivity index (χ3v) is 3.88. The van der Waals surface area contributed by atoms with Gasteiger partial charge in [-0.15, -0.1) is 11.8 Å². The number of rotatable bonds is 6. The zero-order valence-corrected chi connectivity index (χ0v) is 13.6. The van der Waals surface area contributed by atoms with Gasteiger partial charge in [0, 0.05) is 11.0 Å². The Morgan fingerprint density at radius 2 is 1.96 bits per heavy atom. The highest BCUT2D eigenvalue weighted by Gasteiger charge is 2.16. The Bertz CT molecular complexity index is 837. The van der Waals surface area contributed by atoms with Crippen LogP contribution < -0.4 is 5.32 Å². The summed E-state index contributed by atoms with van der Waals surface area (Å²) in [6, 6.07) is 11.2.